The number of phenols is 1. The molecule has 0 atom stereocenters. The molecule has 116 valence electrons. The molecule has 0 heterocycles. The van der Waals surface area contributed by atoms with E-state index < -0.39 is 0 Å². The highest BCUT2D eigenvalue weighted by molar-refractivity contribution is 6.10. The highest BCUT2D eigenvalue weighted by atomic mass is 16.3. The molecule has 3 nitrogen and oxygen atoms in total. The van der Waals surface area contributed by atoms with Gasteiger partial charge in [0.25, 0.3) is 5.91 Å². The molecule has 4 aromatic carbocycles. The largest absolute Gasteiger partial charge is 0.506 e. The van der Waals surface area contributed by atoms with Crippen LogP contribution in [0.5, 0.6) is 5.75 Å². The molecule has 0 aromatic heterocycles. The van der Waals surface area contributed by atoms with Crippen LogP contribution in [-0.2, 0) is 0 Å². The third-order valence-electron chi connectivity index (χ3n) is 4.15. The molecule has 0 saturated carbocycles. The summed E-state index contributed by atoms with van der Waals surface area (Å²) in [5.74, 6) is -0.320. The molecular formula is C21H15NO2. The van der Waals surface area contributed by atoms with E-state index >= 15 is 0 Å². The zero-order valence-corrected chi connectivity index (χ0v) is 12.9. The molecule has 0 bridgehead atoms. The van der Waals surface area contributed by atoms with Crippen molar-refractivity contribution in [3.8, 4) is 5.75 Å². The fourth-order valence-electron chi connectivity index (χ4n) is 2.90. The van der Waals surface area contributed by atoms with Crippen LogP contribution < -0.4 is 5.32 Å². The summed E-state index contributed by atoms with van der Waals surface area (Å²) in [6.07, 6.45) is 0. The number of rotatable bonds is 2. The lowest BCUT2D eigenvalue weighted by atomic mass is 10.0. The van der Waals surface area contributed by atoms with Gasteiger partial charge in [0.05, 0.1) is 5.56 Å². The minimum Gasteiger partial charge on any atom is -0.506 e. The maximum atomic E-state index is 12.5. The highest BCUT2D eigenvalue weighted by Crippen LogP contribution is 2.29. The number of carbonyl (C=O) groups is 1. The lowest BCUT2D eigenvalue weighted by molar-refractivity contribution is 0.102. The molecule has 0 radical (unpaired) electrons. The lowest BCUT2D eigenvalue weighted by Crippen LogP contribution is -2.12. The van der Waals surface area contributed by atoms with E-state index in [1.807, 2.05) is 66.7 Å². The summed E-state index contributed by atoms with van der Waals surface area (Å²) in [7, 11) is 0. The van der Waals surface area contributed by atoms with Crippen molar-refractivity contribution >= 4 is 33.1 Å². The van der Waals surface area contributed by atoms with Gasteiger partial charge in [-0.05, 0) is 34.4 Å². The Morgan fingerprint density at radius 1 is 0.750 bits per heavy atom. The van der Waals surface area contributed by atoms with E-state index in [-0.39, 0.29) is 17.2 Å². The Bertz CT molecular complexity index is 1070. The normalized spacial score (nSPS) is 10.8. The Hall–Kier alpha value is -3.33. The molecule has 0 aliphatic heterocycles. The van der Waals surface area contributed by atoms with Crippen LogP contribution in [0.15, 0.2) is 78.9 Å². The molecule has 24 heavy (non-hydrogen) atoms. The van der Waals surface area contributed by atoms with Crippen molar-refractivity contribution in [3.63, 3.8) is 0 Å². The fraction of sp³-hybridized carbons (Fsp3) is 0. The number of hydrogen-bond acceptors (Lipinski definition) is 2. The van der Waals surface area contributed by atoms with E-state index in [0.717, 1.165) is 16.2 Å². The van der Waals surface area contributed by atoms with Crippen LogP contribution in [0.1, 0.15) is 10.4 Å². The van der Waals surface area contributed by atoms with Gasteiger partial charge in [-0.3, -0.25) is 4.79 Å². The molecule has 0 spiro atoms. The lowest BCUT2D eigenvalue weighted by Gasteiger charge is -2.10. The monoisotopic (exact) mass is 313 g/mol. The van der Waals surface area contributed by atoms with Crippen molar-refractivity contribution in [2.75, 3.05) is 5.32 Å². The Labute approximate surface area is 139 Å². The maximum Gasteiger partial charge on any atom is 0.259 e. The Balaban J connectivity index is 1.69. The van der Waals surface area contributed by atoms with Crippen LogP contribution in [0.2, 0.25) is 0 Å². The number of fused-ring (bicyclic) bond motifs is 2. The molecule has 3 heteroatoms. The Morgan fingerprint density at radius 2 is 1.42 bits per heavy atom. The molecule has 0 aliphatic rings. The maximum absolute atomic E-state index is 12.5. The van der Waals surface area contributed by atoms with Gasteiger partial charge in [0.1, 0.15) is 5.75 Å². The van der Waals surface area contributed by atoms with E-state index in [0.29, 0.717) is 11.1 Å². The van der Waals surface area contributed by atoms with E-state index in [1.165, 1.54) is 0 Å². The summed E-state index contributed by atoms with van der Waals surface area (Å²) in [6, 6.07) is 24.6. The van der Waals surface area contributed by atoms with Gasteiger partial charge in [-0.15, -0.1) is 0 Å². The average Bonchev–Trinajstić information content (AvgIpc) is 2.62. The van der Waals surface area contributed by atoms with Crippen molar-refractivity contribution < 1.29 is 9.90 Å². The molecule has 4 rings (SSSR count). The molecule has 0 saturated heterocycles. The van der Waals surface area contributed by atoms with E-state index in [1.54, 1.807) is 12.1 Å². The molecule has 0 unspecified atom stereocenters. The number of phenolic OH excluding ortho intramolecular Hbond substituents is 1. The first-order valence-electron chi connectivity index (χ1n) is 7.73. The van der Waals surface area contributed by atoms with Crippen LogP contribution in [0.4, 0.5) is 5.69 Å². The SMILES string of the molecule is O=C(Nc1ccc2ccccc2c1)c1ccc2ccccc2c1O. The van der Waals surface area contributed by atoms with Crippen LogP contribution in [0.25, 0.3) is 21.5 Å². The summed E-state index contributed by atoms with van der Waals surface area (Å²) in [6.45, 7) is 0. The second kappa shape index (κ2) is 5.70. The first kappa shape index (κ1) is 14.3. The summed E-state index contributed by atoms with van der Waals surface area (Å²) in [5, 5.41) is 17.0. The van der Waals surface area contributed by atoms with Crippen molar-refractivity contribution in [2.45, 2.75) is 0 Å². The number of amides is 1. The van der Waals surface area contributed by atoms with Crippen LogP contribution in [0, 0.1) is 0 Å². The van der Waals surface area contributed by atoms with Crippen LogP contribution >= 0.6 is 0 Å². The average molecular weight is 313 g/mol. The van der Waals surface area contributed by atoms with Gasteiger partial charge in [0.15, 0.2) is 0 Å². The van der Waals surface area contributed by atoms with Gasteiger partial charge in [-0.25, -0.2) is 0 Å². The summed E-state index contributed by atoms with van der Waals surface area (Å²) in [5.41, 5.74) is 0.966. The zero-order chi connectivity index (χ0) is 16.5. The standard InChI is InChI=1S/C21H15NO2/c23-20-18-8-4-3-6-15(18)10-12-19(20)21(24)22-17-11-9-14-5-1-2-7-16(14)13-17/h1-13,23H,(H,22,24). The van der Waals surface area contributed by atoms with Gasteiger partial charge in [-0.2, -0.15) is 0 Å². The second-order valence-electron chi connectivity index (χ2n) is 5.70. The Morgan fingerprint density at radius 3 is 2.25 bits per heavy atom. The number of hydrogen-bond donors (Lipinski definition) is 2. The predicted octanol–water partition coefficient (Wildman–Crippen LogP) is 4.95. The summed E-state index contributed by atoms with van der Waals surface area (Å²) in [4.78, 5) is 12.5. The third-order valence-corrected chi connectivity index (χ3v) is 4.15. The van der Waals surface area contributed by atoms with Gasteiger partial charge < -0.3 is 10.4 Å². The molecule has 2 N–H and O–H groups in total. The van der Waals surface area contributed by atoms with E-state index in [2.05, 4.69) is 5.32 Å². The highest BCUT2D eigenvalue weighted by Gasteiger charge is 2.14. The molecule has 1 amide bonds. The molecular weight excluding hydrogens is 298 g/mol. The quantitative estimate of drug-likeness (QED) is 0.550. The van der Waals surface area contributed by atoms with Crippen molar-refractivity contribution in [2.24, 2.45) is 0 Å². The minimum absolute atomic E-state index is 0.00592. The van der Waals surface area contributed by atoms with E-state index in [4.69, 9.17) is 0 Å². The minimum atomic E-state index is -0.325. The predicted molar refractivity (Wildman–Crippen MR) is 97.5 cm³/mol. The molecule has 4 aromatic rings. The number of nitrogens with one attached hydrogen (secondary N) is 1. The third kappa shape index (κ3) is 2.46. The second-order valence-corrected chi connectivity index (χ2v) is 5.70. The number of anilines is 1. The first-order chi connectivity index (χ1) is 11.7. The smallest absolute Gasteiger partial charge is 0.259 e. The van der Waals surface area contributed by atoms with Gasteiger partial charge >= 0.3 is 0 Å². The summed E-state index contributed by atoms with van der Waals surface area (Å²) < 4.78 is 0. The number of carbonyl (C=O) groups excluding carboxylic acids is 1. The topological polar surface area (TPSA) is 49.3 Å². The zero-order valence-electron chi connectivity index (χ0n) is 12.9. The van der Waals surface area contributed by atoms with Gasteiger partial charge in [-0.1, -0.05) is 60.7 Å². The number of benzene rings is 4. The fourth-order valence-corrected chi connectivity index (χ4v) is 2.90. The van der Waals surface area contributed by atoms with Crippen molar-refractivity contribution in [1.29, 1.82) is 0 Å². The Kier molecular flexibility index (Phi) is 3.39. The summed E-state index contributed by atoms with van der Waals surface area (Å²) >= 11 is 0. The van der Waals surface area contributed by atoms with Gasteiger partial charge in [0, 0.05) is 11.1 Å². The van der Waals surface area contributed by atoms with Crippen molar-refractivity contribution in [1.82, 2.24) is 0 Å². The van der Waals surface area contributed by atoms with Crippen LogP contribution in [0.3, 0.4) is 0 Å². The van der Waals surface area contributed by atoms with Gasteiger partial charge in [0.2, 0.25) is 0 Å². The van der Waals surface area contributed by atoms with Crippen molar-refractivity contribution in [3.05, 3.63) is 84.4 Å². The van der Waals surface area contributed by atoms with Crippen LogP contribution in [-0.4, -0.2) is 11.0 Å². The molecule has 0 fully saturated rings. The van der Waals surface area contributed by atoms with E-state index in [9.17, 15) is 9.90 Å². The first-order valence-corrected chi connectivity index (χ1v) is 7.73. The molecule has 0 aliphatic carbocycles. The number of aromatic hydroxyl groups is 1.